The lowest BCUT2D eigenvalue weighted by molar-refractivity contribution is 0.0396. The van der Waals surface area contributed by atoms with Gasteiger partial charge in [-0.25, -0.2) is 9.98 Å². The van der Waals surface area contributed by atoms with Crippen LogP contribution in [0, 0.1) is 0 Å². The number of hydrogen-bond acceptors (Lipinski definition) is 5. The number of halogens is 1. The summed E-state index contributed by atoms with van der Waals surface area (Å²) < 4.78 is 6.49. The molecule has 2 aromatic rings. The Labute approximate surface area is 200 Å². The van der Waals surface area contributed by atoms with Crippen molar-refractivity contribution in [2.75, 3.05) is 25.5 Å². The molecule has 2 heterocycles. The molecule has 2 aliphatic rings. The average Bonchev–Trinajstić information content (AvgIpc) is 3.36. The van der Waals surface area contributed by atoms with Crippen LogP contribution in [0.25, 0.3) is 0 Å². The van der Waals surface area contributed by atoms with Crippen LogP contribution in [0.1, 0.15) is 56.3 Å². The molecule has 1 spiro atoms. The van der Waals surface area contributed by atoms with Crippen molar-refractivity contribution < 1.29 is 4.74 Å². The number of benzene rings is 1. The third-order valence-corrected chi connectivity index (χ3v) is 6.75. The number of rotatable bonds is 5. The second kappa shape index (κ2) is 10.2. The zero-order valence-corrected chi connectivity index (χ0v) is 21.1. The number of nitrogens with one attached hydrogen (secondary N) is 2. The monoisotopic (exact) mass is 541 g/mol. The minimum atomic E-state index is -0.0289. The third kappa shape index (κ3) is 5.19. The van der Waals surface area contributed by atoms with Crippen LogP contribution < -0.4 is 20.3 Å². The second-order valence-electron chi connectivity index (χ2n) is 8.14. The van der Waals surface area contributed by atoms with Gasteiger partial charge in [0.25, 0.3) is 0 Å². The maximum Gasteiger partial charge on any atom is 0.192 e. The zero-order chi connectivity index (χ0) is 20.3. The molecule has 1 aromatic carbocycles. The Morgan fingerprint density at radius 1 is 1.30 bits per heavy atom. The summed E-state index contributed by atoms with van der Waals surface area (Å²) in [6, 6.07) is 8.62. The molecule has 30 heavy (non-hydrogen) atoms. The summed E-state index contributed by atoms with van der Waals surface area (Å²) in [4.78, 5) is 11.5. The average molecular weight is 542 g/mol. The van der Waals surface area contributed by atoms with E-state index < -0.39 is 0 Å². The molecule has 0 amide bonds. The lowest BCUT2D eigenvalue weighted by atomic mass is 9.86. The third-order valence-electron chi connectivity index (χ3n) is 5.69. The van der Waals surface area contributed by atoms with Crippen LogP contribution in [0.5, 0.6) is 5.75 Å². The number of hydrogen-bond donors (Lipinski definition) is 2. The van der Waals surface area contributed by atoms with Crippen molar-refractivity contribution >= 4 is 46.4 Å². The first-order valence-electron chi connectivity index (χ1n) is 10.5. The highest BCUT2D eigenvalue weighted by atomic mass is 127. The number of thiazole rings is 1. The van der Waals surface area contributed by atoms with Crippen molar-refractivity contribution in [3.63, 3.8) is 0 Å². The van der Waals surface area contributed by atoms with E-state index in [1.165, 1.54) is 18.4 Å². The van der Waals surface area contributed by atoms with E-state index in [1.54, 1.807) is 11.3 Å². The van der Waals surface area contributed by atoms with Crippen LogP contribution in [0.15, 0.2) is 34.6 Å². The number of aromatic nitrogens is 1. The minimum Gasteiger partial charge on any atom is -0.487 e. The largest absolute Gasteiger partial charge is 0.487 e. The molecule has 0 saturated heterocycles. The number of para-hydroxylation sites is 1. The maximum absolute atomic E-state index is 6.49. The molecular formula is C22H32IN5OS. The van der Waals surface area contributed by atoms with Crippen molar-refractivity contribution in [2.24, 2.45) is 4.99 Å². The molecule has 1 aromatic heterocycles. The summed E-state index contributed by atoms with van der Waals surface area (Å²) in [6.45, 7) is 3.48. The predicted octanol–water partition coefficient (Wildman–Crippen LogP) is 4.72. The van der Waals surface area contributed by atoms with Crippen molar-refractivity contribution in [1.82, 2.24) is 15.6 Å². The number of guanidine groups is 1. The standard InChI is InChI=1S/C22H31N5OS.HI/c1-4-23-20(24-14-16-15-29-21(25-16)27(2)3)26-18-13-22(11-7-8-12-22)28-19-10-6-5-9-17(18)19;/h5-6,9-10,15,18H,4,7-8,11-14H2,1-3H3,(H2,23,24,26);1H. The first-order chi connectivity index (χ1) is 14.1. The summed E-state index contributed by atoms with van der Waals surface area (Å²) in [6.07, 6.45) is 5.76. The Balaban J connectivity index is 0.00000256. The van der Waals surface area contributed by atoms with Crippen LogP contribution in [-0.4, -0.2) is 37.2 Å². The molecule has 0 bridgehead atoms. The lowest BCUT2D eigenvalue weighted by Gasteiger charge is -2.40. The quantitative estimate of drug-likeness (QED) is 0.326. The van der Waals surface area contributed by atoms with Crippen molar-refractivity contribution in [3.05, 3.63) is 40.9 Å². The van der Waals surface area contributed by atoms with Crippen molar-refractivity contribution in [3.8, 4) is 5.75 Å². The smallest absolute Gasteiger partial charge is 0.192 e. The Morgan fingerprint density at radius 3 is 2.77 bits per heavy atom. The summed E-state index contributed by atoms with van der Waals surface area (Å²) in [5.41, 5.74) is 2.19. The number of aliphatic imine (C=N–C) groups is 1. The number of ether oxygens (including phenoxy) is 1. The Hall–Kier alpha value is -1.55. The van der Waals surface area contributed by atoms with Crippen molar-refractivity contribution in [1.29, 1.82) is 0 Å². The molecule has 4 rings (SSSR count). The highest BCUT2D eigenvalue weighted by Crippen LogP contribution is 2.46. The Kier molecular flexibility index (Phi) is 7.84. The fourth-order valence-corrected chi connectivity index (χ4v) is 5.04. The molecule has 1 aliphatic heterocycles. The molecule has 6 nitrogen and oxygen atoms in total. The number of nitrogens with zero attached hydrogens (tertiary/aromatic N) is 3. The normalized spacial score (nSPS) is 19.6. The van der Waals surface area contributed by atoms with Crippen molar-refractivity contribution in [2.45, 2.75) is 57.2 Å². The predicted molar refractivity (Wildman–Crippen MR) is 135 cm³/mol. The Bertz CT molecular complexity index is 863. The minimum absolute atomic E-state index is 0. The van der Waals surface area contributed by atoms with Gasteiger partial charge in [-0.05, 0) is 38.7 Å². The van der Waals surface area contributed by atoms with Crippen LogP contribution in [0.2, 0.25) is 0 Å². The highest BCUT2D eigenvalue weighted by molar-refractivity contribution is 14.0. The lowest BCUT2D eigenvalue weighted by Crippen LogP contribution is -2.46. The van der Waals surface area contributed by atoms with Gasteiger partial charge in [0.05, 0.1) is 18.3 Å². The van der Waals surface area contributed by atoms with Gasteiger partial charge in [0.1, 0.15) is 11.4 Å². The molecular weight excluding hydrogens is 509 g/mol. The SMILES string of the molecule is CCNC(=NCc1csc(N(C)C)n1)NC1CC2(CCCC2)Oc2ccccc21.I. The highest BCUT2D eigenvalue weighted by Gasteiger charge is 2.43. The Morgan fingerprint density at radius 2 is 2.07 bits per heavy atom. The molecule has 1 saturated carbocycles. The van der Waals surface area contributed by atoms with E-state index in [1.807, 2.05) is 19.0 Å². The van der Waals surface area contributed by atoms with E-state index in [2.05, 4.69) is 52.2 Å². The van der Waals surface area contributed by atoms with Crippen LogP contribution >= 0.6 is 35.3 Å². The van der Waals surface area contributed by atoms with E-state index in [0.717, 1.165) is 48.3 Å². The van der Waals surface area contributed by atoms with Crippen LogP contribution in [0.4, 0.5) is 5.13 Å². The van der Waals surface area contributed by atoms with Gasteiger partial charge in [0.15, 0.2) is 11.1 Å². The van der Waals surface area contributed by atoms with Gasteiger partial charge < -0.3 is 20.3 Å². The second-order valence-corrected chi connectivity index (χ2v) is 8.98. The molecule has 0 radical (unpaired) electrons. The fraction of sp³-hybridized carbons (Fsp3) is 0.545. The van der Waals surface area contributed by atoms with Gasteiger partial charge in [-0.2, -0.15) is 0 Å². The van der Waals surface area contributed by atoms with E-state index in [4.69, 9.17) is 9.73 Å². The molecule has 1 aliphatic carbocycles. The van der Waals surface area contributed by atoms with Gasteiger partial charge in [0, 0.05) is 38.0 Å². The van der Waals surface area contributed by atoms with Crippen LogP contribution in [-0.2, 0) is 6.54 Å². The summed E-state index contributed by atoms with van der Waals surface area (Å²) >= 11 is 1.65. The van der Waals surface area contributed by atoms with E-state index in [9.17, 15) is 0 Å². The molecule has 1 atom stereocenters. The fourth-order valence-electron chi connectivity index (χ4n) is 4.29. The van der Waals surface area contributed by atoms with Gasteiger partial charge >= 0.3 is 0 Å². The first kappa shape index (κ1) is 23.1. The summed E-state index contributed by atoms with van der Waals surface area (Å²) in [5.74, 6) is 1.85. The summed E-state index contributed by atoms with van der Waals surface area (Å²) in [7, 11) is 4.03. The molecule has 1 unspecified atom stereocenters. The topological polar surface area (TPSA) is 61.8 Å². The van der Waals surface area contributed by atoms with E-state index in [0.29, 0.717) is 6.54 Å². The maximum atomic E-state index is 6.49. The zero-order valence-electron chi connectivity index (χ0n) is 18.0. The van der Waals surface area contributed by atoms with Gasteiger partial charge in [-0.15, -0.1) is 35.3 Å². The van der Waals surface area contributed by atoms with Gasteiger partial charge in [-0.3, -0.25) is 0 Å². The van der Waals surface area contributed by atoms with Gasteiger partial charge in [0.2, 0.25) is 0 Å². The first-order valence-corrected chi connectivity index (χ1v) is 11.4. The molecule has 164 valence electrons. The number of anilines is 1. The number of fused-ring (bicyclic) bond motifs is 1. The molecule has 1 fully saturated rings. The summed E-state index contributed by atoms with van der Waals surface area (Å²) in [5, 5.41) is 10.2. The molecule has 2 N–H and O–H groups in total. The van der Waals surface area contributed by atoms with E-state index in [-0.39, 0.29) is 35.6 Å². The molecule has 8 heteroatoms. The van der Waals surface area contributed by atoms with Gasteiger partial charge in [-0.1, -0.05) is 18.2 Å². The van der Waals surface area contributed by atoms with Crippen LogP contribution in [0.3, 0.4) is 0 Å². The van der Waals surface area contributed by atoms with E-state index >= 15 is 0 Å².